The molecule has 0 aromatic heterocycles. The van der Waals surface area contributed by atoms with E-state index in [1.54, 1.807) is 13.8 Å². The summed E-state index contributed by atoms with van der Waals surface area (Å²) in [4.78, 5) is 0.116. The molecule has 0 spiro atoms. The normalized spacial score (nSPS) is 12.8. The van der Waals surface area contributed by atoms with Gasteiger partial charge in [0.15, 0.2) is 9.84 Å². The smallest absolute Gasteiger partial charge is 0.179 e. The fourth-order valence-corrected chi connectivity index (χ4v) is 3.97. The van der Waals surface area contributed by atoms with Crippen LogP contribution >= 0.6 is 0 Å². The average Bonchev–Trinajstić information content (AvgIpc) is 2.06. The van der Waals surface area contributed by atoms with Crippen LogP contribution in [0.4, 0.5) is 4.39 Å². The van der Waals surface area contributed by atoms with E-state index in [0.717, 1.165) is 6.07 Å². The summed E-state index contributed by atoms with van der Waals surface area (Å²) < 4.78 is 37.7. The van der Waals surface area contributed by atoms with Crippen molar-refractivity contribution in [2.24, 2.45) is 5.41 Å². The third-order valence-electron chi connectivity index (χ3n) is 2.54. The van der Waals surface area contributed by atoms with Gasteiger partial charge in [-0.3, -0.25) is 0 Å². The van der Waals surface area contributed by atoms with Gasteiger partial charge in [0.1, 0.15) is 5.82 Å². The zero-order valence-corrected chi connectivity index (χ0v) is 11.8. The highest BCUT2D eigenvalue weighted by atomic mass is 32.2. The minimum atomic E-state index is -3.43. The summed E-state index contributed by atoms with van der Waals surface area (Å²) in [6.07, 6.45) is 0. The molecule has 0 N–H and O–H groups in total. The van der Waals surface area contributed by atoms with E-state index < -0.39 is 15.7 Å². The Bertz CT molecular complexity index is 525. The first kappa shape index (κ1) is 14.2. The lowest BCUT2D eigenvalue weighted by Crippen LogP contribution is -2.21. The third-order valence-corrected chi connectivity index (χ3v) is 4.88. The molecule has 2 nitrogen and oxygen atoms in total. The van der Waals surface area contributed by atoms with Gasteiger partial charge in [0.2, 0.25) is 0 Å². The molecule has 1 rings (SSSR count). The highest BCUT2D eigenvalue weighted by Gasteiger charge is 2.25. The Hall–Kier alpha value is -0.900. The van der Waals surface area contributed by atoms with Crippen LogP contribution in [-0.4, -0.2) is 14.2 Å². The summed E-state index contributed by atoms with van der Waals surface area (Å²) in [5.74, 6) is -0.482. The van der Waals surface area contributed by atoms with E-state index >= 15 is 0 Å². The van der Waals surface area contributed by atoms with Gasteiger partial charge in [-0.1, -0.05) is 20.8 Å². The predicted molar refractivity (Wildman–Crippen MR) is 67.4 cm³/mol. The Morgan fingerprint density at radius 1 is 1.18 bits per heavy atom. The molecule has 0 radical (unpaired) electrons. The van der Waals surface area contributed by atoms with Crippen molar-refractivity contribution in [3.05, 3.63) is 29.1 Å². The minimum absolute atomic E-state index is 0.0176. The zero-order valence-electron chi connectivity index (χ0n) is 11.0. The van der Waals surface area contributed by atoms with Gasteiger partial charge in [0.25, 0.3) is 0 Å². The monoisotopic (exact) mass is 258 g/mol. The van der Waals surface area contributed by atoms with Gasteiger partial charge in [-0.25, -0.2) is 12.8 Å². The molecule has 0 bridgehead atoms. The first-order chi connectivity index (χ1) is 7.53. The van der Waals surface area contributed by atoms with Gasteiger partial charge in [-0.15, -0.1) is 0 Å². The van der Waals surface area contributed by atoms with Gasteiger partial charge in [0.05, 0.1) is 10.6 Å². The molecule has 0 aliphatic heterocycles. The molecule has 0 unspecified atom stereocenters. The maximum absolute atomic E-state index is 13.3. The van der Waals surface area contributed by atoms with Crippen LogP contribution in [0.15, 0.2) is 17.0 Å². The highest BCUT2D eigenvalue weighted by Crippen LogP contribution is 2.26. The Labute approximate surface area is 103 Å². The van der Waals surface area contributed by atoms with Crippen LogP contribution < -0.4 is 0 Å². The van der Waals surface area contributed by atoms with Crippen LogP contribution in [0.3, 0.4) is 0 Å². The molecular formula is C13H19FO2S. The molecule has 17 heavy (non-hydrogen) atoms. The van der Waals surface area contributed by atoms with Crippen LogP contribution in [-0.2, 0) is 9.84 Å². The first-order valence-corrected chi connectivity index (χ1v) is 7.18. The maximum Gasteiger partial charge on any atom is 0.179 e. The van der Waals surface area contributed by atoms with E-state index in [0.29, 0.717) is 11.1 Å². The van der Waals surface area contributed by atoms with E-state index in [-0.39, 0.29) is 16.1 Å². The Kier molecular flexibility index (Phi) is 3.67. The predicted octanol–water partition coefficient (Wildman–Crippen LogP) is 3.26. The number of aryl methyl sites for hydroxylation is 1. The molecule has 0 atom stereocenters. The summed E-state index contributed by atoms with van der Waals surface area (Å²) >= 11 is 0. The number of rotatable bonds is 2. The quantitative estimate of drug-likeness (QED) is 0.816. The molecule has 0 aliphatic carbocycles. The molecule has 0 saturated carbocycles. The summed E-state index contributed by atoms with van der Waals surface area (Å²) in [5.41, 5.74) is 0.957. The standard InChI is InChI=1S/C13H19FO2S/c1-9-6-11(14)7-12(10(9)2)17(15,16)8-13(3,4)5/h6-7H,8H2,1-5H3. The average molecular weight is 258 g/mol. The van der Waals surface area contributed by atoms with E-state index in [9.17, 15) is 12.8 Å². The van der Waals surface area contributed by atoms with Crippen molar-refractivity contribution in [3.63, 3.8) is 0 Å². The molecular weight excluding hydrogens is 239 g/mol. The fourth-order valence-electron chi connectivity index (χ4n) is 1.76. The SMILES string of the molecule is Cc1cc(F)cc(S(=O)(=O)CC(C)(C)C)c1C. The van der Waals surface area contributed by atoms with E-state index in [1.807, 2.05) is 20.8 Å². The second kappa shape index (κ2) is 4.41. The summed E-state index contributed by atoms with van der Waals surface area (Å²) in [5, 5.41) is 0. The van der Waals surface area contributed by atoms with Crippen molar-refractivity contribution in [3.8, 4) is 0 Å². The van der Waals surface area contributed by atoms with E-state index in [1.165, 1.54) is 6.07 Å². The number of sulfone groups is 1. The Morgan fingerprint density at radius 2 is 1.71 bits per heavy atom. The van der Waals surface area contributed by atoms with Crippen LogP contribution in [0.1, 0.15) is 31.9 Å². The number of hydrogen-bond acceptors (Lipinski definition) is 2. The lowest BCUT2D eigenvalue weighted by Gasteiger charge is -2.19. The van der Waals surface area contributed by atoms with Crippen molar-refractivity contribution in [1.82, 2.24) is 0 Å². The molecule has 96 valence electrons. The second-order valence-corrected chi connectivity index (χ2v) is 7.62. The summed E-state index contributed by atoms with van der Waals surface area (Å²) in [6, 6.07) is 2.47. The molecule has 1 aromatic carbocycles. The van der Waals surface area contributed by atoms with Crippen molar-refractivity contribution in [2.75, 3.05) is 5.75 Å². The van der Waals surface area contributed by atoms with Gasteiger partial charge in [0, 0.05) is 0 Å². The zero-order chi connectivity index (χ0) is 13.4. The van der Waals surface area contributed by atoms with Crippen LogP contribution in [0.5, 0.6) is 0 Å². The van der Waals surface area contributed by atoms with Gasteiger partial charge in [-0.05, 0) is 42.5 Å². The lowest BCUT2D eigenvalue weighted by atomic mass is 10.0. The maximum atomic E-state index is 13.3. The van der Waals surface area contributed by atoms with Gasteiger partial charge < -0.3 is 0 Å². The molecule has 4 heteroatoms. The van der Waals surface area contributed by atoms with Gasteiger partial charge >= 0.3 is 0 Å². The minimum Gasteiger partial charge on any atom is -0.224 e. The van der Waals surface area contributed by atoms with Crippen LogP contribution in [0, 0.1) is 25.1 Å². The number of halogens is 1. The molecule has 0 heterocycles. The lowest BCUT2D eigenvalue weighted by molar-refractivity contribution is 0.461. The van der Waals surface area contributed by atoms with E-state index in [2.05, 4.69) is 0 Å². The molecule has 0 fully saturated rings. The van der Waals surface area contributed by atoms with E-state index in [4.69, 9.17) is 0 Å². The molecule has 0 amide bonds. The third kappa shape index (κ3) is 3.53. The van der Waals surface area contributed by atoms with Crippen molar-refractivity contribution < 1.29 is 12.8 Å². The summed E-state index contributed by atoms with van der Waals surface area (Å²) in [6.45, 7) is 8.99. The topological polar surface area (TPSA) is 34.1 Å². The summed E-state index contributed by atoms with van der Waals surface area (Å²) in [7, 11) is -3.43. The molecule has 1 aromatic rings. The first-order valence-electron chi connectivity index (χ1n) is 5.52. The largest absolute Gasteiger partial charge is 0.224 e. The van der Waals surface area contributed by atoms with Crippen molar-refractivity contribution >= 4 is 9.84 Å². The molecule has 0 saturated heterocycles. The van der Waals surface area contributed by atoms with Crippen LogP contribution in [0.2, 0.25) is 0 Å². The number of benzene rings is 1. The van der Waals surface area contributed by atoms with Crippen molar-refractivity contribution in [2.45, 2.75) is 39.5 Å². The highest BCUT2D eigenvalue weighted by molar-refractivity contribution is 7.91. The second-order valence-electron chi connectivity index (χ2n) is 5.67. The number of hydrogen-bond donors (Lipinski definition) is 0. The Balaban J connectivity index is 3.34. The fraction of sp³-hybridized carbons (Fsp3) is 0.538. The van der Waals surface area contributed by atoms with Crippen LogP contribution in [0.25, 0.3) is 0 Å². The van der Waals surface area contributed by atoms with Gasteiger partial charge in [-0.2, -0.15) is 0 Å². The molecule has 0 aliphatic rings. The van der Waals surface area contributed by atoms with Crippen molar-refractivity contribution in [1.29, 1.82) is 0 Å². The Morgan fingerprint density at radius 3 is 2.18 bits per heavy atom.